The predicted molar refractivity (Wildman–Crippen MR) is 60.0 cm³/mol. The molecule has 0 aromatic rings. The molecule has 6 heteroatoms. The summed E-state index contributed by atoms with van der Waals surface area (Å²) >= 11 is 0. The summed E-state index contributed by atoms with van der Waals surface area (Å²) in [6.07, 6.45) is 2.19. The number of halogens is 1. The fourth-order valence-electron chi connectivity index (χ4n) is 1.85. The van der Waals surface area contributed by atoms with E-state index in [0.717, 1.165) is 6.42 Å². The summed E-state index contributed by atoms with van der Waals surface area (Å²) in [7, 11) is -2.99. The highest BCUT2D eigenvalue weighted by molar-refractivity contribution is 7.88. The lowest BCUT2D eigenvalue weighted by atomic mass is 9.95. The second-order valence-electron chi connectivity index (χ2n) is 3.89. The smallest absolute Gasteiger partial charge is 0.211 e. The Morgan fingerprint density at radius 1 is 1.43 bits per heavy atom. The zero-order valence-electron chi connectivity index (χ0n) is 8.64. The van der Waals surface area contributed by atoms with Gasteiger partial charge in [-0.15, -0.1) is 12.4 Å². The van der Waals surface area contributed by atoms with Gasteiger partial charge in [-0.2, -0.15) is 0 Å². The highest BCUT2D eigenvalue weighted by Gasteiger charge is 2.33. The van der Waals surface area contributed by atoms with E-state index in [-0.39, 0.29) is 12.4 Å². The number of hydrogen-bond acceptors (Lipinski definition) is 3. The van der Waals surface area contributed by atoms with Crippen LogP contribution in [0, 0.1) is 11.8 Å². The van der Waals surface area contributed by atoms with Crippen molar-refractivity contribution in [3.63, 3.8) is 0 Å². The van der Waals surface area contributed by atoms with Gasteiger partial charge in [-0.1, -0.05) is 6.92 Å². The summed E-state index contributed by atoms with van der Waals surface area (Å²) in [5.74, 6) is 0.887. The van der Waals surface area contributed by atoms with Gasteiger partial charge < -0.3 is 5.73 Å². The van der Waals surface area contributed by atoms with Crippen LogP contribution in [0.5, 0.6) is 0 Å². The molecule has 0 spiro atoms. The lowest BCUT2D eigenvalue weighted by Crippen LogP contribution is -2.27. The van der Waals surface area contributed by atoms with Gasteiger partial charge in [0.1, 0.15) is 0 Å². The first-order valence-electron chi connectivity index (χ1n) is 4.60. The number of sulfonamides is 1. The van der Waals surface area contributed by atoms with Crippen molar-refractivity contribution in [1.82, 2.24) is 4.31 Å². The van der Waals surface area contributed by atoms with Crippen molar-refractivity contribution in [2.75, 3.05) is 25.9 Å². The number of nitrogens with two attached hydrogens (primary N) is 1. The molecule has 86 valence electrons. The van der Waals surface area contributed by atoms with Crippen molar-refractivity contribution >= 4 is 22.4 Å². The van der Waals surface area contributed by atoms with Crippen LogP contribution in [0.1, 0.15) is 13.3 Å². The third-order valence-corrected chi connectivity index (χ3v) is 3.98. The standard InChI is InChI=1S/C8H18N2O2S.ClH/c1-7-5-10(13(2,11)12)6-8(7)3-4-9;/h7-8H,3-6,9H2,1-2H3;1H/t7-,8-;/m1./s1. The third-order valence-electron chi connectivity index (χ3n) is 2.74. The molecule has 0 radical (unpaired) electrons. The zero-order chi connectivity index (χ0) is 10.1. The normalized spacial score (nSPS) is 28.8. The van der Waals surface area contributed by atoms with E-state index in [1.54, 1.807) is 4.31 Å². The van der Waals surface area contributed by atoms with E-state index in [0.29, 0.717) is 31.5 Å². The molecule has 1 rings (SSSR count). The predicted octanol–water partition coefficient (Wildman–Crippen LogP) is 0.285. The maximum atomic E-state index is 11.2. The van der Waals surface area contributed by atoms with Crippen LogP contribution < -0.4 is 5.73 Å². The highest BCUT2D eigenvalue weighted by Crippen LogP contribution is 2.26. The molecule has 1 heterocycles. The molecule has 1 saturated heterocycles. The van der Waals surface area contributed by atoms with Crippen molar-refractivity contribution in [3.8, 4) is 0 Å². The van der Waals surface area contributed by atoms with E-state index in [4.69, 9.17) is 5.73 Å². The first kappa shape index (κ1) is 14.2. The SMILES string of the molecule is C[C@@H]1CN(S(C)(=O)=O)C[C@H]1CCN.Cl. The van der Waals surface area contributed by atoms with Crippen LogP contribution in [0.4, 0.5) is 0 Å². The molecule has 2 atom stereocenters. The van der Waals surface area contributed by atoms with E-state index in [9.17, 15) is 8.42 Å². The summed E-state index contributed by atoms with van der Waals surface area (Å²) in [5.41, 5.74) is 5.46. The molecule has 1 fully saturated rings. The Balaban J connectivity index is 0.00000169. The largest absolute Gasteiger partial charge is 0.330 e. The topological polar surface area (TPSA) is 63.4 Å². The minimum Gasteiger partial charge on any atom is -0.330 e. The quantitative estimate of drug-likeness (QED) is 0.774. The van der Waals surface area contributed by atoms with Crippen molar-refractivity contribution in [2.45, 2.75) is 13.3 Å². The van der Waals surface area contributed by atoms with Gasteiger partial charge >= 0.3 is 0 Å². The average molecular weight is 243 g/mol. The van der Waals surface area contributed by atoms with Gasteiger partial charge in [0.2, 0.25) is 10.0 Å². The molecule has 1 aliphatic heterocycles. The number of rotatable bonds is 3. The summed E-state index contributed by atoms with van der Waals surface area (Å²) in [6.45, 7) is 4.04. The van der Waals surface area contributed by atoms with Crippen molar-refractivity contribution in [1.29, 1.82) is 0 Å². The molecule has 0 aromatic heterocycles. The average Bonchev–Trinajstić information content (AvgIpc) is 2.32. The lowest BCUT2D eigenvalue weighted by Gasteiger charge is -2.12. The summed E-state index contributed by atoms with van der Waals surface area (Å²) in [6, 6.07) is 0. The van der Waals surface area contributed by atoms with Crippen LogP contribution >= 0.6 is 12.4 Å². The molecule has 0 amide bonds. The van der Waals surface area contributed by atoms with Crippen molar-refractivity contribution in [2.24, 2.45) is 17.6 Å². The molecule has 1 aliphatic rings. The van der Waals surface area contributed by atoms with E-state index < -0.39 is 10.0 Å². The van der Waals surface area contributed by atoms with Crippen LogP contribution in [0.3, 0.4) is 0 Å². The highest BCUT2D eigenvalue weighted by atomic mass is 35.5. The number of hydrogen-bond donors (Lipinski definition) is 1. The molecular weight excluding hydrogens is 224 g/mol. The fourth-order valence-corrected chi connectivity index (χ4v) is 2.82. The van der Waals surface area contributed by atoms with Crippen LogP contribution in [0.25, 0.3) is 0 Å². The molecule has 2 N–H and O–H groups in total. The Morgan fingerprint density at radius 2 is 2.00 bits per heavy atom. The Hall–Kier alpha value is 0.160. The molecular formula is C8H19ClN2O2S. The molecule has 0 bridgehead atoms. The van der Waals surface area contributed by atoms with Crippen LogP contribution in [-0.2, 0) is 10.0 Å². The van der Waals surface area contributed by atoms with Gasteiger partial charge in [-0.3, -0.25) is 0 Å². The van der Waals surface area contributed by atoms with E-state index in [2.05, 4.69) is 6.92 Å². The summed E-state index contributed by atoms with van der Waals surface area (Å²) < 4.78 is 24.0. The molecule has 0 aromatic carbocycles. The third kappa shape index (κ3) is 3.38. The Bertz CT molecular complexity index is 269. The van der Waals surface area contributed by atoms with Gasteiger partial charge in [0, 0.05) is 13.1 Å². The first-order chi connectivity index (χ1) is 5.95. The zero-order valence-corrected chi connectivity index (χ0v) is 10.3. The van der Waals surface area contributed by atoms with Gasteiger partial charge in [0.05, 0.1) is 6.26 Å². The summed E-state index contributed by atoms with van der Waals surface area (Å²) in [4.78, 5) is 0. The maximum Gasteiger partial charge on any atom is 0.211 e. The second-order valence-corrected chi connectivity index (χ2v) is 5.88. The van der Waals surface area contributed by atoms with Crippen LogP contribution in [-0.4, -0.2) is 38.6 Å². The number of nitrogens with zero attached hydrogens (tertiary/aromatic N) is 1. The Morgan fingerprint density at radius 3 is 2.36 bits per heavy atom. The fraction of sp³-hybridized carbons (Fsp3) is 1.00. The van der Waals surface area contributed by atoms with Gasteiger partial charge in [-0.25, -0.2) is 12.7 Å². The monoisotopic (exact) mass is 242 g/mol. The molecule has 0 saturated carbocycles. The first-order valence-corrected chi connectivity index (χ1v) is 6.45. The van der Waals surface area contributed by atoms with E-state index >= 15 is 0 Å². The summed E-state index contributed by atoms with van der Waals surface area (Å²) in [5, 5.41) is 0. The maximum absolute atomic E-state index is 11.2. The lowest BCUT2D eigenvalue weighted by molar-refractivity contribution is 0.424. The second kappa shape index (κ2) is 5.30. The minimum atomic E-state index is -2.99. The van der Waals surface area contributed by atoms with Crippen LogP contribution in [0.15, 0.2) is 0 Å². The van der Waals surface area contributed by atoms with Crippen molar-refractivity contribution < 1.29 is 8.42 Å². The Labute approximate surface area is 92.3 Å². The Kier molecular flexibility index (Phi) is 5.36. The van der Waals surface area contributed by atoms with Gasteiger partial charge in [0.15, 0.2) is 0 Å². The molecule has 4 nitrogen and oxygen atoms in total. The van der Waals surface area contributed by atoms with Gasteiger partial charge in [-0.05, 0) is 24.8 Å². The van der Waals surface area contributed by atoms with Gasteiger partial charge in [0.25, 0.3) is 0 Å². The molecule has 0 unspecified atom stereocenters. The minimum absolute atomic E-state index is 0. The molecule has 14 heavy (non-hydrogen) atoms. The van der Waals surface area contributed by atoms with Crippen molar-refractivity contribution in [3.05, 3.63) is 0 Å². The van der Waals surface area contributed by atoms with Crippen LogP contribution in [0.2, 0.25) is 0 Å². The molecule has 0 aliphatic carbocycles. The van der Waals surface area contributed by atoms with E-state index in [1.165, 1.54) is 6.26 Å². The van der Waals surface area contributed by atoms with E-state index in [1.807, 2.05) is 0 Å².